The lowest BCUT2D eigenvalue weighted by Crippen LogP contribution is -2.34. The van der Waals surface area contributed by atoms with Gasteiger partial charge in [-0.15, -0.1) is 0 Å². The standard InChI is InChI=1S/C20H19N3O5/c1-11-7-14(24)4-5-15(11)20(27)22-12(2)19(26)21-9-13-3-6-17-16(8-13)23-18(25)10-28-17/h3-8,24H,2,9-10H2,1H3,(H,21,26)(H,22,27)(H,23,25). The number of amides is 3. The zero-order valence-corrected chi connectivity index (χ0v) is 15.2. The number of phenolic OH excluding ortho intramolecular Hbond substituents is 1. The number of aryl methyl sites for hydroxylation is 1. The van der Waals surface area contributed by atoms with Crippen molar-refractivity contribution in [1.82, 2.24) is 10.6 Å². The maximum absolute atomic E-state index is 12.3. The highest BCUT2D eigenvalue weighted by Gasteiger charge is 2.17. The molecule has 2 aromatic rings. The van der Waals surface area contributed by atoms with Crippen LogP contribution in [0.25, 0.3) is 0 Å². The highest BCUT2D eigenvalue weighted by atomic mass is 16.5. The molecule has 3 amide bonds. The zero-order chi connectivity index (χ0) is 20.3. The fourth-order valence-corrected chi connectivity index (χ4v) is 2.69. The van der Waals surface area contributed by atoms with Crippen LogP contribution in [-0.4, -0.2) is 29.4 Å². The molecule has 8 heteroatoms. The van der Waals surface area contributed by atoms with Gasteiger partial charge in [0.2, 0.25) is 0 Å². The van der Waals surface area contributed by atoms with Gasteiger partial charge in [-0.1, -0.05) is 12.6 Å². The van der Waals surface area contributed by atoms with E-state index in [-0.39, 0.29) is 30.5 Å². The Morgan fingerprint density at radius 2 is 2.04 bits per heavy atom. The van der Waals surface area contributed by atoms with Crippen molar-refractivity contribution in [2.75, 3.05) is 11.9 Å². The Morgan fingerprint density at radius 1 is 1.25 bits per heavy atom. The summed E-state index contributed by atoms with van der Waals surface area (Å²) in [5, 5.41) is 17.2. The quantitative estimate of drug-likeness (QED) is 0.587. The Kier molecular flexibility index (Phi) is 5.30. The van der Waals surface area contributed by atoms with Gasteiger partial charge >= 0.3 is 0 Å². The Balaban J connectivity index is 1.57. The number of phenols is 1. The van der Waals surface area contributed by atoms with Gasteiger partial charge in [0.15, 0.2) is 6.61 Å². The molecule has 28 heavy (non-hydrogen) atoms. The minimum atomic E-state index is -0.539. The van der Waals surface area contributed by atoms with E-state index >= 15 is 0 Å². The van der Waals surface area contributed by atoms with Crippen LogP contribution in [-0.2, 0) is 16.1 Å². The summed E-state index contributed by atoms with van der Waals surface area (Å²) < 4.78 is 5.28. The van der Waals surface area contributed by atoms with E-state index in [1.165, 1.54) is 18.2 Å². The first kappa shape index (κ1) is 19.0. The Morgan fingerprint density at radius 3 is 2.79 bits per heavy atom. The van der Waals surface area contributed by atoms with Gasteiger partial charge < -0.3 is 25.8 Å². The van der Waals surface area contributed by atoms with Crippen molar-refractivity contribution >= 4 is 23.4 Å². The van der Waals surface area contributed by atoms with Crippen LogP contribution in [0.1, 0.15) is 21.5 Å². The van der Waals surface area contributed by atoms with Gasteiger partial charge in [0.25, 0.3) is 17.7 Å². The van der Waals surface area contributed by atoms with Gasteiger partial charge in [-0.25, -0.2) is 0 Å². The van der Waals surface area contributed by atoms with Gasteiger partial charge in [0.05, 0.1) is 11.4 Å². The van der Waals surface area contributed by atoms with E-state index in [9.17, 15) is 19.5 Å². The van der Waals surface area contributed by atoms with E-state index in [0.29, 0.717) is 22.6 Å². The number of rotatable bonds is 5. The van der Waals surface area contributed by atoms with Crippen LogP contribution in [0.5, 0.6) is 11.5 Å². The summed E-state index contributed by atoms with van der Waals surface area (Å²) in [4.78, 5) is 35.9. The summed E-state index contributed by atoms with van der Waals surface area (Å²) in [5.74, 6) is -0.656. The van der Waals surface area contributed by atoms with Crippen LogP contribution in [0.3, 0.4) is 0 Å². The second-order valence-electron chi connectivity index (χ2n) is 6.28. The van der Waals surface area contributed by atoms with Crippen LogP contribution in [0.2, 0.25) is 0 Å². The van der Waals surface area contributed by atoms with Gasteiger partial charge in [0.1, 0.15) is 11.5 Å². The van der Waals surface area contributed by atoms with Crippen molar-refractivity contribution in [3.63, 3.8) is 0 Å². The minimum absolute atomic E-state index is 0.0247. The number of ether oxygens (including phenoxy) is 1. The number of benzene rings is 2. The Hall–Kier alpha value is -3.81. The molecule has 3 rings (SSSR count). The summed E-state index contributed by atoms with van der Waals surface area (Å²) in [6.07, 6.45) is 0. The van der Waals surface area contributed by atoms with Gasteiger partial charge in [-0.05, 0) is 48.4 Å². The number of anilines is 1. The normalized spacial score (nSPS) is 12.2. The predicted molar refractivity (Wildman–Crippen MR) is 102 cm³/mol. The van der Waals surface area contributed by atoms with E-state index in [0.717, 1.165) is 5.56 Å². The zero-order valence-electron chi connectivity index (χ0n) is 15.2. The maximum Gasteiger partial charge on any atom is 0.267 e. The summed E-state index contributed by atoms with van der Waals surface area (Å²) in [6.45, 7) is 5.42. The van der Waals surface area contributed by atoms with E-state index in [4.69, 9.17) is 4.74 Å². The molecule has 4 N–H and O–H groups in total. The molecule has 0 spiro atoms. The number of nitrogens with one attached hydrogen (secondary N) is 3. The van der Waals surface area contributed by atoms with E-state index in [1.54, 1.807) is 25.1 Å². The van der Waals surface area contributed by atoms with Crippen LogP contribution in [0.15, 0.2) is 48.7 Å². The average molecular weight is 381 g/mol. The number of aromatic hydroxyl groups is 1. The third-order valence-electron chi connectivity index (χ3n) is 4.12. The molecular formula is C20H19N3O5. The number of carbonyl (C=O) groups is 3. The molecule has 2 aromatic carbocycles. The summed E-state index contributed by atoms with van der Waals surface area (Å²) >= 11 is 0. The molecule has 0 fully saturated rings. The minimum Gasteiger partial charge on any atom is -0.508 e. The molecule has 0 unspecified atom stereocenters. The van der Waals surface area contributed by atoms with Crippen molar-refractivity contribution in [2.45, 2.75) is 13.5 Å². The first-order chi connectivity index (χ1) is 13.3. The molecule has 1 aliphatic heterocycles. The molecule has 144 valence electrons. The van der Waals surface area contributed by atoms with Crippen LogP contribution < -0.4 is 20.7 Å². The Bertz CT molecular complexity index is 984. The molecule has 0 atom stereocenters. The predicted octanol–water partition coefficient (Wildman–Crippen LogP) is 1.59. The van der Waals surface area contributed by atoms with E-state index in [1.807, 2.05) is 0 Å². The third kappa shape index (κ3) is 4.29. The lowest BCUT2D eigenvalue weighted by molar-refractivity contribution is -0.119. The number of hydrogen-bond donors (Lipinski definition) is 4. The molecule has 1 aliphatic rings. The van der Waals surface area contributed by atoms with E-state index in [2.05, 4.69) is 22.5 Å². The van der Waals surface area contributed by atoms with Crippen molar-refractivity contribution in [1.29, 1.82) is 0 Å². The SMILES string of the molecule is C=C(NC(=O)c1ccc(O)cc1C)C(=O)NCc1ccc2c(c1)NC(=O)CO2. The molecule has 1 heterocycles. The van der Waals surface area contributed by atoms with Crippen molar-refractivity contribution in [2.24, 2.45) is 0 Å². The van der Waals surface area contributed by atoms with Crippen LogP contribution >= 0.6 is 0 Å². The van der Waals surface area contributed by atoms with Crippen LogP contribution in [0.4, 0.5) is 5.69 Å². The van der Waals surface area contributed by atoms with Gasteiger partial charge in [0, 0.05) is 12.1 Å². The second kappa shape index (κ2) is 7.83. The highest BCUT2D eigenvalue weighted by molar-refractivity contribution is 6.03. The topological polar surface area (TPSA) is 117 Å². The monoisotopic (exact) mass is 381 g/mol. The molecule has 0 saturated carbocycles. The molecule has 0 aliphatic carbocycles. The summed E-state index contributed by atoms with van der Waals surface area (Å²) in [6, 6.07) is 9.49. The van der Waals surface area contributed by atoms with Gasteiger partial charge in [-0.3, -0.25) is 14.4 Å². The fourth-order valence-electron chi connectivity index (χ4n) is 2.69. The van der Waals surface area contributed by atoms with E-state index < -0.39 is 11.8 Å². The molecule has 0 saturated heterocycles. The second-order valence-corrected chi connectivity index (χ2v) is 6.28. The smallest absolute Gasteiger partial charge is 0.267 e. The first-order valence-corrected chi connectivity index (χ1v) is 8.47. The summed E-state index contributed by atoms with van der Waals surface area (Å²) in [7, 11) is 0. The molecule has 0 bridgehead atoms. The number of carbonyl (C=O) groups excluding carboxylic acids is 3. The number of hydrogen-bond acceptors (Lipinski definition) is 5. The lowest BCUT2D eigenvalue weighted by atomic mass is 10.1. The maximum atomic E-state index is 12.3. The third-order valence-corrected chi connectivity index (χ3v) is 4.12. The molecule has 8 nitrogen and oxygen atoms in total. The first-order valence-electron chi connectivity index (χ1n) is 8.47. The van der Waals surface area contributed by atoms with Crippen molar-refractivity contribution < 1.29 is 24.2 Å². The molecule has 0 radical (unpaired) electrons. The molecular weight excluding hydrogens is 362 g/mol. The highest BCUT2D eigenvalue weighted by Crippen LogP contribution is 2.28. The Labute approximate surface area is 161 Å². The number of fused-ring (bicyclic) bond motifs is 1. The average Bonchev–Trinajstić information content (AvgIpc) is 2.65. The van der Waals surface area contributed by atoms with Crippen LogP contribution in [0, 0.1) is 6.92 Å². The van der Waals surface area contributed by atoms with Gasteiger partial charge in [-0.2, -0.15) is 0 Å². The molecule has 0 aromatic heterocycles. The fraction of sp³-hybridized carbons (Fsp3) is 0.150. The summed E-state index contributed by atoms with van der Waals surface area (Å²) in [5.41, 5.74) is 2.08. The van der Waals surface area contributed by atoms with Crippen molar-refractivity contribution in [3.8, 4) is 11.5 Å². The lowest BCUT2D eigenvalue weighted by Gasteiger charge is -2.18. The van der Waals surface area contributed by atoms with Crippen molar-refractivity contribution in [3.05, 3.63) is 65.4 Å². The largest absolute Gasteiger partial charge is 0.508 e.